The molecule has 0 fully saturated rings. The molecule has 2 aromatic rings. The van der Waals surface area contributed by atoms with Gasteiger partial charge in [-0.3, -0.25) is 0 Å². The van der Waals surface area contributed by atoms with Gasteiger partial charge in [-0.25, -0.2) is 0 Å². The Bertz CT molecular complexity index is 539. The van der Waals surface area contributed by atoms with Crippen LogP contribution >= 0.6 is 0 Å². The molecular formula is C9H10N6O2. The third-order valence-corrected chi connectivity index (χ3v) is 1.90. The van der Waals surface area contributed by atoms with Gasteiger partial charge in [0.15, 0.2) is 11.5 Å². The van der Waals surface area contributed by atoms with Crippen molar-refractivity contribution in [2.75, 3.05) is 16.8 Å². The van der Waals surface area contributed by atoms with Crippen LogP contribution in [0.2, 0.25) is 0 Å². The molecule has 0 spiro atoms. The van der Waals surface area contributed by atoms with Crippen molar-refractivity contribution in [1.29, 1.82) is 0 Å². The van der Waals surface area contributed by atoms with Crippen LogP contribution in [0.4, 0.5) is 23.5 Å². The van der Waals surface area contributed by atoms with E-state index >= 15 is 0 Å². The smallest absolute Gasteiger partial charge is 0.233 e. The molecule has 0 radical (unpaired) electrons. The van der Waals surface area contributed by atoms with Gasteiger partial charge in [0.2, 0.25) is 17.8 Å². The van der Waals surface area contributed by atoms with E-state index in [9.17, 15) is 5.11 Å². The lowest BCUT2D eigenvalue weighted by molar-refractivity contribution is 0.404. The first kappa shape index (κ1) is 10.7. The number of nitrogens with two attached hydrogens (primary N) is 2. The number of nitrogens with zero attached hydrogens (tertiary/aromatic N) is 3. The van der Waals surface area contributed by atoms with E-state index in [-0.39, 0.29) is 29.3 Å². The second kappa shape index (κ2) is 4.00. The van der Waals surface area contributed by atoms with Gasteiger partial charge in [0, 0.05) is 11.8 Å². The quantitative estimate of drug-likeness (QED) is 0.366. The topological polar surface area (TPSA) is 143 Å². The minimum Gasteiger partial charge on any atom is -0.504 e. The number of aromatic nitrogens is 3. The first-order valence-electron chi connectivity index (χ1n) is 4.60. The lowest BCUT2D eigenvalue weighted by Gasteiger charge is -2.06. The van der Waals surface area contributed by atoms with Crippen molar-refractivity contribution < 1.29 is 10.2 Å². The number of phenolic OH excluding ortho intramolecular Hbond substituents is 2. The summed E-state index contributed by atoms with van der Waals surface area (Å²) in [4.78, 5) is 11.2. The average molecular weight is 234 g/mol. The van der Waals surface area contributed by atoms with Crippen LogP contribution < -0.4 is 16.8 Å². The zero-order valence-electron chi connectivity index (χ0n) is 8.62. The van der Waals surface area contributed by atoms with Gasteiger partial charge >= 0.3 is 0 Å². The van der Waals surface area contributed by atoms with Crippen molar-refractivity contribution in [2.45, 2.75) is 0 Å². The molecule has 0 unspecified atom stereocenters. The highest BCUT2D eigenvalue weighted by Crippen LogP contribution is 2.28. The Labute approximate surface area is 96.0 Å². The highest BCUT2D eigenvalue weighted by molar-refractivity contribution is 5.59. The minimum atomic E-state index is -0.259. The van der Waals surface area contributed by atoms with E-state index in [1.54, 1.807) is 0 Å². The Morgan fingerprint density at radius 2 is 1.59 bits per heavy atom. The summed E-state index contributed by atoms with van der Waals surface area (Å²) in [5.74, 6) is -0.346. The first-order chi connectivity index (χ1) is 8.04. The molecule has 0 aliphatic carbocycles. The summed E-state index contributed by atoms with van der Waals surface area (Å²) in [7, 11) is 0. The number of nitrogen functional groups attached to an aromatic ring is 2. The molecule has 1 aromatic carbocycles. The van der Waals surface area contributed by atoms with Crippen molar-refractivity contribution in [3.63, 3.8) is 0 Å². The van der Waals surface area contributed by atoms with E-state index in [0.717, 1.165) is 0 Å². The summed E-state index contributed by atoms with van der Waals surface area (Å²) < 4.78 is 0. The van der Waals surface area contributed by atoms with Crippen LogP contribution in [0.15, 0.2) is 18.2 Å². The van der Waals surface area contributed by atoms with Gasteiger partial charge in [-0.1, -0.05) is 0 Å². The summed E-state index contributed by atoms with van der Waals surface area (Å²) in [6, 6.07) is 4.17. The van der Waals surface area contributed by atoms with Gasteiger partial charge < -0.3 is 27.0 Å². The molecule has 88 valence electrons. The third kappa shape index (κ3) is 2.43. The SMILES string of the molecule is Nc1nc(N)nc(Nc2ccc(O)c(O)c2)n1. The van der Waals surface area contributed by atoms with Crippen molar-refractivity contribution >= 4 is 23.5 Å². The number of aromatic hydroxyl groups is 2. The fourth-order valence-electron chi connectivity index (χ4n) is 1.20. The Balaban J connectivity index is 2.28. The molecule has 0 amide bonds. The van der Waals surface area contributed by atoms with Gasteiger partial charge in [-0.2, -0.15) is 15.0 Å². The fourth-order valence-corrected chi connectivity index (χ4v) is 1.20. The summed E-state index contributed by atoms with van der Waals surface area (Å²) in [5.41, 5.74) is 11.3. The summed E-state index contributed by atoms with van der Waals surface area (Å²) in [6.07, 6.45) is 0. The van der Waals surface area contributed by atoms with Crippen LogP contribution in [0.3, 0.4) is 0 Å². The lowest BCUT2D eigenvalue weighted by atomic mass is 10.3. The number of hydrogen-bond donors (Lipinski definition) is 5. The molecule has 8 nitrogen and oxygen atoms in total. The number of rotatable bonds is 2. The van der Waals surface area contributed by atoms with E-state index in [1.807, 2.05) is 0 Å². The predicted octanol–water partition coefficient (Wildman–Crippen LogP) is 0.191. The van der Waals surface area contributed by atoms with E-state index in [2.05, 4.69) is 20.3 Å². The highest BCUT2D eigenvalue weighted by atomic mass is 16.3. The largest absolute Gasteiger partial charge is 0.504 e. The maximum absolute atomic E-state index is 9.29. The van der Waals surface area contributed by atoms with E-state index < -0.39 is 0 Å². The van der Waals surface area contributed by atoms with E-state index in [1.165, 1.54) is 18.2 Å². The summed E-state index contributed by atoms with van der Waals surface area (Å²) in [5, 5.41) is 21.2. The summed E-state index contributed by atoms with van der Waals surface area (Å²) in [6.45, 7) is 0. The molecule has 0 saturated heterocycles. The normalized spacial score (nSPS) is 10.1. The molecule has 8 heteroatoms. The van der Waals surface area contributed by atoms with Crippen molar-refractivity contribution in [3.05, 3.63) is 18.2 Å². The molecule has 0 atom stereocenters. The molecule has 0 saturated carbocycles. The fraction of sp³-hybridized carbons (Fsp3) is 0. The number of benzene rings is 1. The molecule has 0 bridgehead atoms. The number of anilines is 4. The van der Waals surface area contributed by atoms with Crippen LogP contribution in [0, 0.1) is 0 Å². The molecule has 0 aliphatic heterocycles. The van der Waals surface area contributed by atoms with Crippen molar-refractivity contribution in [1.82, 2.24) is 15.0 Å². The Morgan fingerprint density at radius 1 is 0.941 bits per heavy atom. The third-order valence-electron chi connectivity index (χ3n) is 1.90. The molecular weight excluding hydrogens is 224 g/mol. The summed E-state index contributed by atoms with van der Waals surface area (Å²) >= 11 is 0. The molecule has 1 aromatic heterocycles. The molecule has 1 heterocycles. The van der Waals surface area contributed by atoms with Crippen LogP contribution in [-0.4, -0.2) is 25.2 Å². The Kier molecular flexibility index (Phi) is 2.53. The average Bonchev–Trinajstić information content (AvgIpc) is 2.22. The van der Waals surface area contributed by atoms with Crippen LogP contribution in [0.5, 0.6) is 11.5 Å². The maximum Gasteiger partial charge on any atom is 0.233 e. The van der Waals surface area contributed by atoms with Gasteiger partial charge in [0.05, 0.1) is 0 Å². The predicted molar refractivity (Wildman–Crippen MR) is 61.7 cm³/mol. The molecule has 2 rings (SSSR count). The molecule has 0 aliphatic rings. The maximum atomic E-state index is 9.29. The lowest BCUT2D eigenvalue weighted by Crippen LogP contribution is -2.06. The van der Waals surface area contributed by atoms with Crippen molar-refractivity contribution in [3.8, 4) is 11.5 Å². The van der Waals surface area contributed by atoms with Gasteiger partial charge in [0.1, 0.15) is 0 Å². The van der Waals surface area contributed by atoms with Crippen LogP contribution in [0.25, 0.3) is 0 Å². The highest BCUT2D eigenvalue weighted by Gasteiger charge is 2.04. The Morgan fingerprint density at radius 3 is 2.18 bits per heavy atom. The zero-order valence-corrected chi connectivity index (χ0v) is 8.62. The zero-order chi connectivity index (χ0) is 12.4. The number of phenols is 2. The second-order valence-corrected chi connectivity index (χ2v) is 3.20. The van der Waals surface area contributed by atoms with E-state index in [4.69, 9.17) is 16.6 Å². The Hall–Kier alpha value is -2.77. The van der Waals surface area contributed by atoms with Gasteiger partial charge in [-0.05, 0) is 12.1 Å². The van der Waals surface area contributed by atoms with Crippen molar-refractivity contribution in [2.24, 2.45) is 0 Å². The monoisotopic (exact) mass is 234 g/mol. The molecule has 17 heavy (non-hydrogen) atoms. The standard InChI is InChI=1S/C9H10N6O2/c10-7-13-8(11)15-9(14-7)12-4-1-2-5(16)6(17)3-4/h1-3,16-17H,(H5,10,11,12,13,14,15). The van der Waals surface area contributed by atoms with Gasteiger partial charge in [0.25, 0.3) is 0 Å². The van der Waals surface area contributed by atoms with Crippen LogP contribution in [-0.2, 0) is 0 Å². The number of nitrogens with one attached hydrogen (secondary N) is 1. The minimum absolute atomic E-state index is 0.0111. The second-order valence-electron chi connectivity index (χ2n) is 3.20. The van der Waals surface area contributed by atoms with Gasteiger partial charge in [-0.15, -0.1) is 0 Å². The van der Waals surface area contributed by atoms with Crippen LogP contribution in [0.1, 0.15) is 0 Å². The first-order valence-corrected chi connectivity index (χ1v) is 4.60. The molecule has 7 N–H and O–H groups in total. The number of hydrogen-bond acceptors (Lipinski definition) is 8. The van der Waals surface area contributed by atoms with E-state index in [0.29, 0.717) is 5.69 Å².